The highest BCUT2D eigenvalue weighted by Crippen LogP contribution is 2.31. The van der Waals surface area contributed by atoms with Crippen molar-refractivity contribution >= 4 is 11.8 Å². The summed E-state index contributed by atoms with van der Waals surface area (Å²) in [5, 5.41) is 6.57. The van der Waals surface area contributed by atoms with E-state index in [1.807, 2.05) is 12.1 Å². The molecule has 3 aromatic rings. The lowest BCUT2D eigenvalue weighted by Crippen LogP contribution is -2.45. The Balaban J connectivity index is 1.33. The van der Waals surface area contributed by atoms with Gasteiger partial charge in [0.15, 0.2) is 11.5 Å². The van der Waals surface area contributed by atoms with Crippen molar-refractivity contribution in [2.45, 2.75) is 19.2 Å². The molecule has 0 aliphatic carbocycles. The average molecular weight is 517 g/mol. The monoisotopic (exact) mass is 516 g/mol. The molecule has 0 atom stereocenters. The molecule has 1 aromatic heterocycles. The van der Waals surface area contributed by atoms with Crippen molar-refractivity contribution in [1.29, 1.82) is 0 Å². The van der Waals surface area contributed by atoms with Crippen LogP contribution >= 0.6 is 0 Å². The standard InChI is InChI=1S/C26H31F3N6O2/c1-36-23-15-19(4-7-22(23)37-17-18-2-5-21(6-3-18)26(27,28)29)14-20-16-33-25(34-24(20)30)32-10-13-35-11-8-31-9-12-35/h2-7,15-16,31H,8-14,17H2,1H3,(H3,30,32,33,34). The molecule has 0 bridgehead atoms. The lowest BCUT2D eigenvalue weighted by atomic mass is 10.1. The number of hydrogen-bond acceptors (Lipinski definition) is 8. The number of nitrogens with zero attached hydrogens (tertiary/aromatic N) is 3. The van der Waals surface area contributed by atoms with Crippen LogP contribution < -0.4 is 25.8 Å². The van der Waals surface area contributed by atoms with Gasteiger partial charge in [-0.2, -0.15) is 18.2 Å². The van der Waals surface area contributed by atoms with Gasteiger partial charge < -0.3 is 25.8 Å². The largest absolute Gasteiger partial charge is 0.493 e. The van der Waals surface area contributed by atoms with E-state index < -0.39 is 11.7 Å². The highest BCUT2D eigenvalue weighted by molar-refractivity contribution is 5.48. The minimum Gasteiger partial charge on any atom is -0.493 e. The molecule has 198 valence electrons. The SMILES string of the molecule is COc1cc(Cc2cnc(NCCN3CCNCC3)nc2N)ccc1OCc1ccc(C(F)(F)F)cc1. The topological polar surface area (TPSA) is 97.6 Å². The summed E-state index contributed by atoms with van der Waals surface area (Å²) >= 11 is 0. The number of rotatable bonds is 10. The number of halogens is 3. The van der Waals surface area contributed by atoms with Crippen molar-refractivity contribution < 1.29 is 22.6 Å². The predicted molar refractivity (Wildman–Crippen MR) is 136 cm³/mol. The smallest absolute Gasteiger partial charge is 0.416 e. The van der Waals surface area contributed by atoms with E-state index in [1.165, 1.54) is 19.2 Å². The van der Waals surface area contributed by atoms with Crippen LogP contribution in [0.5, 0.6) is 11.5 Å². The minimum absolute atomic E-state index is 0.109. The second-order valence-corrected chi connectivity index (χ2v) is 8.77. The molecule has 11 heteroatoms. The van der Waals surface area contributed by atoms with Crippen LogP contribution in [0.3, 0.4) is 0 Å². The van der Waals surface area contributed by atoms with E-state index in [0.717, 1.165) is 62.5 Å². The summed E-state index contributed by atoms with van der Waals surface area (Å²) in [6.07, 6.45) is -2.14. The van der Waals surface area contributed by atoms with Crippen LogP contribution in [0.4, 0.5) is 24.9 Å². The zero-order valence-electron chi connectivity index (χ0n) is 20.6. The van der Waals surface area contributed by atoms with E-state index in [-0.39, 0.29) is 6.61 Å². The Bertz CT molecular complexity index is 1170. The van der Waals surface area contributed by atoms with E-state index >= 15 is 0 Å². The zero-order valence-corrected chi connectivity index (χ0v) is 20.6. The van der Waals surface area contributed by atoms with Crippen molar-refractivity contribution in [3.8, 4) is 11.5 Å². The van der Waals surface area contributed by atoms with Crippen LogP contribution in [0, 0.1) is 0 Å². The molecule has 2 heterocycles. The average Bonchev–Trinajstić information content (AvgIpc) is 2.89. The Morgan fingerprint density at radius 3 is 2.46 bits per heavy atom. The number of anilines is 2. The molecule has 2 aromatic carbocycles. The lowest BCUT2D eigenvalue weighted by molar-refractivity contribution is -0.137. The van der Waals surface area contributed by atoms with Crippen molar-refractivity contribution in [2.24, 2.45) is 0 Å². The van der Waals surface area contributed by atoms with E-state index in [2.05, 4.69) is 25.5 Å². The van der Waals surface area contributed by atoms with Gasteiger partial charge in [0.05, 0.1) is 12.7 Å². The highest BCUT2D eigenvalue weighted by atomic mass is 19.4. The Morgan fingerprint density at radius 2 is 1.78 bits per heavy atom. The van der Waals surface area contributed by atoms with Crippen LogP contribution in [0.25, 0.3) is 0 Å². The maximum atomic E-state index is 12.8. The molecule has 1 aliphatic heterocycles. The van der Waals surface area contributed by atoms with Crippen molar-refractivity contribution in [2.75, 3.05) is 57.4 Å². The quantitative estimate of drug-likeness (QED) is 0.376. The molecule has 4 N–H and O–H groups in total. The number of aromatic nitrogens is 2. The molecule has 8 nitrogen and oxygen atoms in total. The van der Waals surface area contributed by atoms with Crippen LogP contribution in [0.2, 0.25) is 0 Å². The third kappa shape index (κ3) is 7.46. The number of nitrogens with one attached hydrogen (secondary N) is 2. The van der Waals surface area contributed by atoms with Gasteiger partial charge in [-0.25, -0.2) is 4.98 Å². The fraction of sp³-hybridized carbons (Fsp3) is 0.385. The first kappa shape index (κ1) is 26.5. The van der Waals surface area contributed by atoms with Gasteiger partial charge in [-0.05, 0) is 35.4 Å². The zero-order chi connectivity index (χ0) is 26.3. The van der Waals surface area contributed by atoms with Gasteiger partial charge in [0, 0.05) is 57.4 Å². The molecule has 37 heavy (non-hydrogen) atoms. The fourth-order valence-electron chi connectivity index (χ4n) is 4.01. The third-order valence-corrected chi connectivity index (χ3v) is 6.12. The summed E-state index contributed by atoms with van der Waals surface area (Å²) in [5.41, 5.74) is 7.83. The number of methoxy groups -OCH3 is 1. The van der Waals surface area contributed by atoms with Gasteiger partial charge in [0.2, 0.25) is 5.95 Å². The van der Waals surface area contributed by atoms with Gasteiger partial charge in [0.25, 0.3) is 0 Å². The Kier molecular flexibility index (Phi) is 8.67. The summed E-state index contributed by atoms with van der Waals surface area (Å²) in [6, 6.07) is 10.4. The molecular weight excluding hydrogens is 485 g/mol. The number of alkyl halides is 3. The Labute approximate surface area is 214 Å². The van der Waals surface area contributed by atoms with E-state index in [1.54, 1.807) is 12.3 Å². The highest BCUT2D eigenvalue weighted by Gasteiger charge is 2.29. The molecule has 0 spiro atoms. The number of ether oxygens (including phenoxy) is 2. The summed E-state index contributed by atoms with van der Waals surface area (Å²) in [6.45, 7) is 5.85. The number of benzene rings is 2. The first-order chi connectivity index (χ1) is 17.8. The molecule has 0 radical (unpaired) electrons. The predicted octanol–water partition coefficient (Wildman–Crippen LogP) is 3.57. The minimum atomic E-state index is -4.37. The van der Waals surface area contributed by atoms with Crippen LogP contribution in [0.1, 0.15) is 22.3 Å². The van der Waals surface area contributed by atoms with Crippen LogP contribution in [-0.4, -0.2) is 61.2 Å². The van der Waals surface area contributed by atoms with Gasteiger partial charge in [0.1, 0.15) is 12.4 Å². The van der Waals surface area contributed by atoms with E-state index in [0.29, 0.717) is 35.2 Å². The lowest BCUT2D eigenvalue weighted by Gasteiger charge is -2.27. The summed E-state index contributed by atoms with van der Waals surface area (Å²) < 4.78 is 49.5. The number of nitrogen functional groups attached to an aromatic ring is 1. The summed E-state index contributed by atoms with van der Waals surface area (Å²) in [5.74, 6) is 1.90. The molecule has 4 rings (SSSR count). The molecule has 0 amide bonds. The Hall–Kier alpha value is -3.57. The van der Waals surface area contributed by atoms with Crippen LogP contribution in [-0.2, 0) is 19.2 Å². The van der Waals surface area contributed by atoms with Gasteiger partial charge in [-0.15, -0.1) is 0 Å². The van der Waals surface area contributed by atoms with Gasteiger partial charge >= 0.3 is 6.18 Å². The van der Waals surface area contributed by atoms with Crippen molar-refractivity contribution in [3.05, 3.63) is 70.9 Å². The molecule has 1 fully saturated rings. The normalized spacial score (nSPS) is 14.4. The summed E-state index contributed by atoms with van der Waals surface area (Å²) in [4.78, 5) is 11.2. The molecular formula is C26H31F3N6O2. The second kappa shape index (κ2) is 12.1. The molecule has 0 unspecified atom stereocenters. The van der Waals surface area contributed by atoms with Crippen molar-refractivity contribution in [3.63, 3.8) is 0 Å². The van der Waals surface area contributed by atoms with E-state index in [4.69, 9.17) is 15.2 Å². The van der Waals surface area contributed by atoms with Crippen molar-refractivity contribution in [1.82, 2.24) is 20.2 Å². The van der Waals surface area contributed by atoms with E-state index in [9.17, 15) is 13.2 Å². The number of nitrogens with two attached hydrogens (primary N) is 1. The fourth-order valence-corrected chi connectivity index (χ4v) is 4.01. The number of piperazine rings is 1. The molecule has 1 aliphatic rings. The molecule has 0 saturated carbocycles. The maximum absolute atomic E-state index is 12.8. The van der Waals surface area contributed by atoms with Crippen LogP contribution in [0.15, 0.2) is 48.7 Å². The van der Waals surface area contributed by atoms with Gasteiger partial charge in [-0.1, -0.05) is 18.2 Å². The number of hydrogen-bond donors (Lipinski definition) is 3. The maximum Gasteiger partial charge on any atom is 0.416 e. The molecule has 1 saturated heterocycles. The third-order valence-electron chi connectivity index (χ3n) is 6.12. The summed E-state index contributed by atoms with van der Waals surface area (Å²) in [7, 11) is 1.53. The second-order valence-electron chi connectivity index (χ2n) is 8.77. The first-order valence-electron chi connectivity index (χ1n) is 12.1. The van der Waals surface area contributed by atoms with Gasteiger partial charge in [-0.3, -0.25) is 4.90 Å². The first-order valence-corrected chi connectivity index (χ1v) is 12.1. The Morgan fingerprint density at radius 1 is 1.05 bits per heavy atom.